The van der Waals surface area contributed by atoms with Crippen LogP contribution in [-0.4, -0.2) is 40.5 Å². The van der Waals surface area contributed by atoms with Gasteiger partial charge in [-0.05, 0) is 84.4 Å². The molecule has 1 fully saturated rings. The lowest BCUT2D eigenvalue weighted by atomic mass is 9.69. The summed E-state index contributed by atoms with van der Waals surface area (Å²) in [6.45, 7) is 9.05. The van der Waals surface area contributed by atoms with Gasteiger partial charge in [-0.15, -0.1) is 0 Å². The summed E-state index contributed by atoms with van der Waals surface area (Å²) in [5.74, 6) is 5.54. The number of nitrogens with two attached hydrogens (primary N) is 2. The van der Waals surface area contributed by atoms with Gasteiger partial charge in [-0.1, -0.05) is 87.8 Å². The molecule has 3 aromatic rings. The van der Waals surface area contributed by atoms with Crippen molar-refractivity contribution in [1.82, 2.24) is 15.8 Å². The van der Waals surface area contributed by atoms with Gasteiger partial charge in [-0.2, -0.15) is 5.10 Å². The fraction of sp³-hybridized carbons (Fsp3) is 0.389. The summed E-state index contributed by atoms with van der Waals surface area (Å²) in [7, 11) is 0. The first-order valence-electron chi connectivity index (χ1n) is 15.9. The van der Waals surface area contributed by atoms with Crippen LogP contribution in [0.25, 0.3) is 11.1 Å². The van der Waals surface area contributed by atoms with Crippen molar-refractivity contribution < 1.29 is 9.59 Å². The Labute approximate surface area is 276 Å². The molecule has 1 heterocycles. The summed E-state index contributed by atoms with van der Waals surface area (Å²) in [4.78, 5) is 34.6. The summed E-state index contributed by atoms with van der Waals surface area (Å²) in [6, 6.07) is 23.0. The van der Waals surface area contributed by atoms with Crippen molar-refractivity contribution in [2.45, 2.75) is 71.5 Å². The number of nitrogens with one attached hydrogen (secondary N) is 2. The van der Waals surface area contributed by atoms with Gasteiger partial charge in [0.05, 0.1) is 12.6 Å². The molecule has 1 aliphatic heterocycles. The third kappa shape index (κ3) is 6.95. The monoisotopic (exact) mass is 641 g/mol. The minimum absolute atomic E-state index is 0.0506. The number of aliphatic imine (C=N–C) groups is 1. The number of nitrogens with zero attached hydrogens (tertiary/aromatic N) is 3. The molecule has 5 rings (SSSR count). The zero-order valence-corrected chi connectivity index (χ0v) is 27.8. The average molecular weight is 642 g/mol. The molecule has 0 radical (unpaired) electrons. The van der Waals surface area contributed by atoms with E-state index in [9.17, 15) is 9.59 Å². The molecule has 0 saturated heterocycles. The number of hydrazone groups is 1. The van der Waals surface area contributed by atoms with E-state index in [0.29, 0.717) is 28.6 Å². The van der Waals surface area contributed by atoms with Crippen molar-refractivity contribution in [1.29, 1.82) is 0 Å². The molecule has 0 aromatic heterocycles. The molecule has 3 aromatic carbocycles. The van der Waals surface area contributed by atoms with E-state index >= 15 is 0 Å². The van der Waals surface area contributed by atoms with Crippen LogP contribution in [0.4, 0.5) is 0 Å². The van der Waals surface area contributed by atoms with Crippen LogP contribution in [0.2, 0.25) is 5.02 Å². The Morgan fingerprint density at radius 2 is 1.57 bits per heavy atom. The maximum absolute atomic E-state index is 14.5. The van der Waals surface area contributed by atoms with E-state index in [-0.39, 0.29) is 35.7 Å². The fourth-order valence-electron chi connectivity index (χ4n) is 6.81. The summed E-state index contributed by atoms with van der Waals surface area (Å²) in [6.07, 6.45) is 4.33. The van der Waals surface area contributed by atoms with Crippen LogP contribution in [0, 0.1) is 11.3 Å². The maximum atomic E-state index is 14.5. The lowest BCUT2D eigenvalue weighted by Gasteiger charge is -2.47. The Morgan fingerprint density at radius 1 is 1.00 bits per heavy atom. The van der Waals surface area contributed by atoms with E-state index in [2.05, 4.69) is 43.6 Å². The van der Waals surface area contributed by atoms with E-state index in [4.69, 9.17) is 28.2 Å². The van der Waals surface area contributed by atoms with Crippen molar-refractivity contribution in [3.8, 4) is 11.1 Å². The minimum atomic E-state index is -0.617. The molecular formula is C36H44ClN7O2. The second-order valence-electron chi connectivity index (χ2n) is 13.3. The van der Waals surface area contributed by atoms with E-state index in [1.54, 1.807) is 12.1 Å². The molecule has 1 spiro atoms. The lowest BCUT2D eigenvalue weighted by molar-refractivity contribution is -0.133. The first-order valence-corrected chi connectivity index (χ1v) is 16.3. The van der Waals surface area contributed by atoms with Crippen LogP contribution < -0.4 is 22.4 Å². The largest absolute Gasteiger partial charge is 0.384 e. The molecular weight excluding hydrogens is 598 g/mol. The van der Waals surface area contributed by atoms with E-state index in [1.165, 1.54) is 0 Å². The molecule has 242 valence electrons. The Kier molecular flexibility index (Phi) is 9.84. The molecule has 2 amide bonds. The summed E-state index contributed by atoms with van der Waals surface area (Å²) in [5.41, 5.74) is 12.3. The van der Waals surface area contributed by atoms with Gasteiger partial charge in [0.15, 0.2) is 0 Å². The van der Waals surface area contributed by atoms with E-state index < -0.39 is 5.66 Å². The second kappa shape index (κ2) is 13.6. The zero-order chi connectivity index (χ0) is 33.1. The Balaban J connectivity index is 1.44. The number of hydrogen-bond donors (Lipinski definition) is 4. The van der Waals surface area contributed by atoms with Gasteiger partial charge in [0.25, 0.3) is 11.8 Å². The predicted molar refractivity (Wildman–Crippen MR) is 185 cm³/mol. The van der Waals surface area contributed by atoms with Gasteiger partial charge >= 0.3 is 0 Å². The highest BCUT2D eigenvalue weighted by atomic mass is 35.5. The fourth-order valence-corrected chi connectivity index (χ4v) is 6.94. The van der Waals surface area contributed by atoms with Gasteiger partial charge in [0.1, 0.15) is 17.2 Å². The van der Waals surface area contributed by atoms with Gasteiger partial charge in [0, 0.05) is 16.1 Å². The highest BCUT2D eigenvalue weighted by Crippen LogP contribution is 2.49. The number of halogens is 1. The van der Waals surface area contributed by atoms with Gasteiger partial charge in [0.2, 0.25) is 0 Å². The van der Waals surface area contributed by atoms with Crippen LogP contribution in [0.1, 0.15) is 87.3 Å². The highest BCUT2D eigenvalue weighted by Gasteiger charge is 2.52. The Bertz CT molecular complexity index is 1600. The van der Waals surface area contributed by atoms with Crippen LogP contribution in [0.5, 0.6) is 0 Å². The van der Waals surface area contributed by atoms with Gasteiger partial charge in [-0.3, -0.25) is 14.6 Å². The van der Waals surface area contributed by atoms with Crippen molar-refractivity contribution >= 4 is 35.0 Å². The zero-order valence-electron chi connectivity index (χ0n) is 27.0. The number of benzene rings is 3. The molecule has 46 heavy (non-hydrogen) atoms. The van der Waals surface area contributed by atoms with Gasteiger partial charge < -0.3 is 16.0 Å². The standard InChI is InChI=1S/C36H44ClN7O2/c1-5-30(25-8-12-27(13-9-25)33(45)40-22-31(38)42-43-39)44-34(46)32(41-36(44)20-18-28(19-21-36)35(2,3)4)26-10-6-23(7-11-26)24-14-16-29(37)17-15-24/h6-17,28,30,43H,5,18-22,39H2,1-4H3,(H2,38,42)(H,40,45)/t28?,30-,36?/m1/s1. The molecule has 1 saturated carbocycles. The number of carbonyl (C=O) groups excluding carboxylic acids is 2. The smallest absolute Gasteiger partial charge is 0.275 e. The summed E-state index contributed by atoms with van der Waals surface area (Å²) >= 11 is 6.09. The molecule has 0 bridgehead atoms. The Morgan fingerprint density at radius 3 is 2.11 bits per heavy atom. The average Bonchev–Trinajstić information content (AvgIpc) is 3.31. The number of rotatable bonds is 9. The molecule has 2 aliphatic rings. The molecule has 0 unspecified atom stereocenters. The van der Waals surface area contributed by atoms with Crippen molar-refractivity contribution in [3.05, 3.63) is 94.5 Å². The molecule has 1 aliphatic carbocycles. The number of hydrazine groups is 1. The third-order valence-corrected chi connectivity index (χ3v) is 9.68. The van der Waals surface area contributed by atoms with E-state index in [0.717, 1.165) is 47.9 Å². The summed E-state index contributed by atoms with van der Waals surface area (Å²) < 4.78 is 0. The SMILES string of the molecule is CC[C@H](c1ccc(C(=O)NCC(N)=NNN)cc1)N1C(=O)C(c2ccc(-c3ccc(Cl)cc3)cc2)=NC12CCC(C(C)(C)C)CC2. The molecule has 6 N–H and O–H groups in total. The quantitative estimate of drug-likeness (QED) is 0.0956. The number of amides is 2. The third-order valence-electron chi connectivity index (χ3n) is 9.43. The maximum Gasteiger partial charge on any atom is 0.275 e. The lowest BCUT2D eigenvalue weighted by Crippen LogP contribution is -2.51. The first kappa shape index (κ1) is 33.2. The molecule has 9 nitrogen and oxygen atoms in total. The summed E-state index contributed by atoms with van der Waals surface area (Å²) in [5, 5.41) is 7.08. The second-order valence-corrected chi connectivity index (χ2v) is 13.7. The number of amidine groups is 1. The molecule has 10 heteroatoms. The van der Waals surface area contributed by atoms with Gasteiger partial charge in [-0.25, -0.2) is 11.4 Å². The highest BCUT2D eigenvalue weighted by molar-refractivity contribution is 6.46. The minimum Gasteiger partial charge on any atom is -0.384 e. The number of carbonyl (C=O) groups is 2. The van der Waals surface area contributed by atoms with Crippen LogP contribution in [0.3, 0.4) is 0 Å². The normalized spacial score (nSPS) is 20.9. The topological polar surface area (TPSA) is 138 Å². The Hall–Kier alpha value is -4.21. The number of hydrogen-bond acceptors (Lipinski definition) is 6. The van der Waals surface area contributed by atoms with Crippen LogP contribution in [-0.2, 0) is 4.79 Å². The van der Waals surface area contributed by atoms with Crippen molar-refractivity contribution in [3.63, 3.8) is 0 Å². The van der Waals surface area contributed by atoms with Crippen LogP contribution >= 0.6 is 11.6 Å². The van der Waals surface area contributed by atoms with Crippen molar-refractivity contribution in [2.75, 3.05) is 6.54 Å². The van der Waals surface area contributed by atoms with Crippen LogP contribution in [0.15, 0.2) is 82.9 Å². The van der Waals surface area contributed by atoms with Crippen molar-refractivity contribution in [2.24, 2.45) is 33.0 Å². The molecule has 1 atom stereocenters. The first-order chi connectivity index (χ1) is 22.0. The van der Waals surface area contributed by atoms with E-state index in [1.807, 2.05) is 65.6 Å². The predicted octanol–water partition coefficient (Wildman–Crippen LogP) is 6.19.